The summed E-state index contributed by atoms with van der Waals surface area (Å²) in [6, 6.07) is -0.695. The third kappa shape index (κ3) is 22.9. The van der Waals surface area contributed by atoms with Crippen LogP contribution in [0.25, 0.3) is 0 Å². The van der Waals surface area contributed by atoms with E-state index in [0.29, 0.717) is 24.6 Å². The van der Waals surface area contributed by atoms with E-state index in [9.17, 15) is 19.2 Å². The lowest BCUT2D eigenvalue weighted by molar-refractivity contribution is -0.396. The normalized spacial score (nSPS) is 12.6. The van der Waals surface area contributed by atoms with Gasteiger partial charge in [0.05, 0.1) is 11.5 Å². The Hall–Kier alpha value is -1.50. The van der Waals surface area contributed by atoms with E-state index in [1.165, 1.54) is 21.6 Å². The van der Waals surface area contributed by atoms with Crippen molar-refractivity contribution in [3.05, 3.63) is 0 Å². The molecule has 36 heavy (non-hydrogen) atoms. The van der Waals surface area contributed by atoms with Crippen LogP contribution in [0.4, 0.5) is 0 Å². The first-order valence-corrected chi connectivity index (χ1v) is 15.6. The molecule has 2 amide bonds. The van der Waals surface area contributed by atoms with Crippen LogP contribution in [0.5, 0.6) is 0 Å². The highest BCUT2D eigenvalue weighted by Crippen LogP contribution is 2.21. The molecule has 0 radical (unpaired) electrons. The molecule has 0 rings (SSSR count). The highest BCUT2D eigenvalue weighted by Gasteiger charge is 2.19. The van der Waals surface area contributed by atoms with Gasteiger partial charge in [-0.1, -0.05) is 73.0 Å². The average Bonchev–Trinajstić information content (AvgIpc) is 2.83. The van der Waals surface area contributed by atoms with Crippen LogP contribution in [0.3, 0.4) is 0 Å². The lowest BCUT2D eigenvalue weighted by Gasteiger charge is -2.11. The van der Waals surface area contributed by atoms with E-state index in [-0.39, 0.29) is 36.7 Å². The van der Waals surface area contributed by atoms with Crippen molar-refractivity contribution in [3.63, 3.8) is 0 Å². The Kier molecular flexibility index (Phi) is 22.9. The highest BCUT2D eigenvalue weighted by molar-refractivity contribution is 8.76. The van der Waals surface area contributed by atoms with Crippen molar-refractivity contribution in [2.24, 2.45) is 0 Å². The number of amides is 2. The molecule has 0 heterocycles. The van der Waals surface area contributed by atoms with Gasteiger partial charge in [0.2, 0.25) is 0 Å². The van der Waals surface area contributed by atoms with Crippen molar-refractivity contribution in [3.8, 4) is 0 Å². The summed E-state index contributed by atoms with van der Waals surface area (Å²) in [5.74, 6) is -0.459. The van der Waals surface area contributed by atoms with Crippen molar-refractivity contribution in [2.45, 2.75) is 102 Å². The fourth-order valence-corrected chi connectivity index (χ4v) is 5.73. The van der Waals surface area contributed by atoms with Gasteiger partial charge in [-0.3, -0.25) is 19.2 Å². The van der Waals surface area contributed by atoms with Crippen molar-refractivity contribution >= 4 is 45.3 Å². The van der Waals surface area contributed by atoms with Gasteiger partial charge in [-0.15, -0.1) is 0 Å². The van der Waals surface area contributed by atoms with E-state index < -0.39 is 11.9 Å². The van der Waals surface area contributed by atoms with Gasteiger partial charge in [0.15, 0.2) is 12.1 Å². The highest BCUT2D eigenvalue weighted by atomic mass is 33.1. The van der Waals surface area contributed by atoms with Gasteiger partial charge in [-0.25, -0.2) is 0 Å². The van der Waals surface area contributed by atoms with Gasteiger partial charge in [0.1, 0.15) is 0 Å². The van der Waals surface area contributed by atoms with Gasteiger partial charge in [-0.2, -0.15) is 0 Å². The minimum Gasteiger partial charge on any atom is -0.481 e. The van der Waals surface area contributed by atoms with E-state index in [2.05, 4.69) is 22.1 Å². The molecule has 0 fully saturated rings. The fourth-order valence-electron chi connectivity index (χ4n) is 3.34. The summed E-state index contributed by atoms with van der Waals surface area (Å²) in [5, 5.41) is 23.0. The maximum absolute atomic E-state index is 12.1. The van der Waals surface area contributed by atoms with Crippen LogP contribution >= 0.6 is 21.6 Å². The lowest BCUT2D eigenvalue weighted by atomic mass is 10.1. The second kappa shape index (κ2) is 23.9. The number of hydrogen-bond acceptors (Lipinski definition) is 6. The number of carboxylic acids is 2. The largest absolute Gasteiger partial charge is 0.481 e. The van der Waals surface area contributed by atoms with Gasteiger partial charge < -0.3 is 32.3 Å². The fraction of sp³-hybridized carbons (Fsp3) is 0.833. The average molecular weight is 553 g/mol. The van der Waals surface area contributed by atoms with Crippen LogP contribution in [0.1, 0.15) is 89.9 Å². The number of carboxylic acid groups (broad SMARTS) is 2. The van der Waals surface area contributed by atoms with Crippen molar-refractivity contribution < 1.29 is 40.9 Å². The summed E-state index contributed by atoms with van der Waals surface area (Å²) in [6.07, 6.45) is 11.8. The Bertz CT molecular complexity index is 575. The molecule has 0 saturated heterocycles. The van der Waals surface area contributed by atoms with Crippen LogP contribution in [0, 0.1) is 0 Å². The molecule has 0 aliphatic carbocycles. The quantitative estimate of drug-likeness (QED) is 0.0725. The molecule has 10 N–H and O–H groups in total. The molecular weight excluding hydrogens is 504 g/mol. The first kappa shape index (κ1) is 34.5. The van der Waals surface area contributed by atoms with Crippen molar-refractivity contribution in [1.29, 1.82) is 0 Å². The summed E-state index contributed by atoms with van der Waals surface area (Å²) < 4.78 is 0. The Labute approximate surface area is 223 Å². The van der Waals surface area contributed by atoms with Crippen molar-refractivity contribution in [1.82, 2.24) is 10.6 Å². The molecule has 0 aromatic rings. The first-order chi connectivity index (χ1) is 17.2. The minimum absolute atomic E-state index is 0.0599. The third-order valence-corrected chi connectivity index (χ3v) is 8.16. The number of carbonyl (C=O) groups excluding carboxylic acids is 2. The number of carbonyl (C=O) groups is 4. The topological polar surface area (TPSA) is 188 Å². The van der Waals surface area contributed by atoms with E-state index in [1.54, 1.807) is 0 Å². The molecule has 0 saturated carbocycles. The SMILES string of the molecule is [NH3+]C(CSSCC([NH3+])C(=O)NCCCCCCCCC(=O)O)C(=O)NCCCCCCCCC(=O)O. The van der Waals surface area contributed by atoms with Gasteiger partial charge in [-0.05, 0) is 25.7 Å². The molecule has 0 aliphatic rings. The van der Waals surface area contributed by atoms with Crippen LogP contribution in [0.2, 0.25) is 0 Å². The molecule has 0 aromatic carbocycles. The maximum atomic E-state index is 12.1. The summed E-state index contributed by atoms with van der Waals surface area (Å²) >= 11 is 0. The summed E-state index contributed by atoms with van der Waals surface area (Å²) in [4.78, 5) is 45.2. The molecule has 210 valence electrons. The van der Waals surface area contributed by atoms with Gasteiger partial charge >= 0.3 is 11.9 Å². The minimum atomic E-state index is -0.740. The molecule has 2 unspecified atom stereocenters. The second-order valence-electron chi connectivity index (χ2n) is 9.08. The molecule has 2 atom stereocenters. The zero-order chi connectivity index (χ0) is 27.0. The number of nitrogens with one attached hydrogen (secondary N) is 2. The zero-order valence-electron chi connectivity index (χ0n) is 21.6. The summed E-state index contributed by atoms with van der Waals surface area (Å²) in [5.41, 5.74) is 7.85. The number of rotatable bonds is 25. The number of unbranched alkanes of at least 4 members (excludes halogenated alkanes) is 10. The van der Waals surface area contributed by atoms with E-state index in [1.807, 2.05) is 0 Å². The standard InChI is InChI=1S/C24H46N4O6S2/c25-19(23(33)27-15-11-7-3-1-5-9-13-21(29)30)17-35-36-18-20(26)24(34)28-16-12-8-4-2-6-10-14-22(31)32/h19-20H,1-18,25-26H2,(H,27,33)(H,28,34)(H,29,30)(H,31,32)/p+2. The Morgan fingerprint density at radius 2 is 0.861 bits per heavy atom. The number of aliphatic carboxylic acids is 2. The molecule has 0 spiro atoms. The molecule has 12 heteroatoms. The lowest BCUT2D eigenvalue weighted by Crippen LogP contribution is -2.69. The van der Waals surface area contributed by atoms with Gasteiger partial charge in [0, 0.05) is 25.9 Å². The number of hydrogen-bond donors (Lipinski definition) is 6. The monoisotopic (exact) mass is 552 g/mol. The van der Waals surface area contributed by atoms with Crippen LogP contribution in [-0.2, 0) is 19.2 Å². The zero-order valence-corrected chi connectivity index (χ0v) is 23.3. The first-order valence-electron chi connectivity index (χ1n) is 13.1. The van der Waals surface area contributed by atoms with Crippen molar-refractivity contribution in [2.75, 3.05) is 24.6 Å². The Balaban J connectivity index is 3.60. The van der Waals surface area contributed by atoms with E-state index in [4.69, 9.17) is 10.2 Å². The molecule has 0 bridgehead atoms. The van der Waals surface area contributed by atoms with Crippen LogP contribution in [0.15, 0.2) is 0 Å². The molecule has 0 aromatic heterocycles. The van der Waals surface area contributed by atoms with Crippen LogP contribution in [-0.4, -0.2) is 70.6 Å². The second-order valence-corrected chi connectivity index (χ2v) is 11.6. The van der Waals surface area contributed by atoms with E-state index >= 15 is 0 Å². The molecule has 0 aliphatic heterocycles. The smallest absolute Gasteiger partial charge is 0.303 e. The Morgan fingerprint density at radius 1 is 0.556 bits per heavy atom. The predicted molar refractivity (Wildman–Crippen MR) is 144 cm³/mol. The molecule has 10 nitrogen and oxygen atoms in total. The predicted octanol–water partition coefficient (Wildman–Crippen LogP) is 1.45. The Morgan fingerprint density at radius 3 is 1.19 bits per heavy atom. The summed E-state index contributed by atoms with van der Waals surface area (Å²) in [6.45, 7) is 1.26. The van der Waals surface area contributed by atoms with Gasteiger partial charge in [0.25, 0.3) is 11.8 Å². The maximum Gasteiger partial charge on any atom is 0.303 e. The summed E-state index contributed by atoms with van der Waals surface area (Å²) in [7, 11) is 3.06. The van der Waals surface area contributed by atoms with E-state index in [0.717, 1.165) is 77.0 Å². The third-order valence-electron chi connectivity index (χ3n) is 5.60. The number of quaternary nitrogens is 2. The molecular formula is C24H48N4O6S2+2. The van der Waals surface area contributed by atoms with Crippen LogP contribution < -0.4 is 22.1 Å².